The molecule has 0 bridgehead atoms. The molecule has 0 amide bonds. The number of rotatable bonds is 4. The zero-order valence-corrected chi connectivity index (χ0v) is 14.0. The average Bonchev–Trinajstić information content (AvgIpc) is 2.55. The van der Waals surface area contributed by atoms with Gasteiger partial charge < -0.3 is 15.2 Å². The first-order valence-electron chi connectivity index (χ1n) is 6.91. The van der Waals surface area contributed by atoms with E-state index in [0.29, 0.717) is 38.1 Å². The molecule has 0 saturated carbocycles. The van der Waals surface area contributed by atoms with E-state index in [1.165, 1.54) is 13.3 Å². The third kappa shape index (κ3) is 3.09. The van der Waals surface area contributed by atoms with E-state index in [1.807, 2.05) is 0 Å². The van der Waals surface area contributed by atoms with E-state index in [4.69, 9.17) is 27.9 Å². The fourth-order valence-corrected chi connectivity index (χ4v) is 2.78. The number of nitrogens with zero attached hydrogens (tertiary/aromatic N) is 1. The van der Waals surface area contributed by atoms with Crippen LogP contribution in [-0.4, -0.2) is 23.2 Å². The summed E-state index contributed by atoms with van der Waals surface area (Å²) >= 11 is 12.2. The maximum Gasteiger partial charge on any atom is 0.339 e. The van der Waals surface area contributed by atoms with E-state index in [1.54, 1.807) is 36.4 Å². The first-order valence-corrected chi connectivity index (χ1v) is 7.67. The van der Waals surface area contributed by atoms with Crippen LogP contribution in [-0.2, 0) is 0 Å². The minimum absolute atomic E-state index is 0.0386. The number of methoxy groups -OCH3 is 1. The molecule has 7 heteroatoms. The normalized spacial score (nSPS) is 10.6. The molecule has 5 nitrogen and oxygen atoms in total. The van der Waals surface area contributed by atoms with Gasteiger partial charge in [0.2, 0.25) is 0 Å². The van der Waals surface area contributed by atoms with Crippen molar-refractivity contribution in [3.05, 3.63) is 58.2 Å². The van der Waals surface area contributed by atoms with Crippen molar-refractivity contribution in [2.24, 2.45) is 0 Å². The molecule has 0 fully saturated rings. The number of aromatic nitrogens is 1. The molecule has 1 aromatic heterocycles. The van der Waals surface area contributed by atoms with Crippen molar-refractivity contribution in [1.29, 1.82) is 0 Å². The third-order valence-electron chi connectivity index (χ3n) is 3.48. The predicted octanol–water partition coefficient (Wildman–Crippen LogP) is 4.99. The van der Waals surface area contributed by atoms with E-state index in [-0.39, 0.29) is 5.56 Å². The topological polar surface area (TPSA) is 71.5 Å². The van der Waals surface area contributed by atoms with Gasteiger partial charge in [0.25, 0.3) is 0 Å². The second kappa shape index (κ2) is 6.55. The van der Waals surface area contributed by atoms with Crippen LogP contribution in [0, 0.1) is 0 Å². The molecule has 0 aliphatic heterocycles. The van der Waals surface area contributed by atoms with Gasteiger partial charge in [-0.25, -0.2) is 4.79 Å². The highest BCUT2D eigenvalue weighted by Crippen LogP contribution is 2.33. The summed E-state index contributed by atoms with van der Waals surface area (Å²) in [7, 11) is 1.52. The summed E-state index contributed by atoms with van der Waals surface area (Å²) < 4.78 is 5.12. The van der Waals surface area contributed by atoms with Gasteiger partial charge in [0.05, 0.1) is 23.3 Å². The summed E-state index contributed by atoms with van der Waals surface area (Å²) in [5.74, 6) is -0.560. The van der Waals surface area contributed by atoms with E-state index in [0.717, 1.165) is 0 Å². The number of nitrogens with one attached hydrogen (secondary N) is 1. The highest BCUT2D eigenvalue weighted by molar-refractivity contribution is 6.32. The molecule has 0 aliphatic rings. The molecular weight excluding hydrogens is 351 g/mol. The van der Waals surface area contributed by atoms with Crippen LogP contribution in [0.25, 0.3) is 10.9 Å². The van der Waals surface area contributed by atoms with Crippen molar-refractivity contribution in [2.75, 3.05) is 12.4 Å². The van der Waals surface area contributed by atoms with Crippen molar-refractivity contribution in [3.63, 3.8) is 0 Å². The van der Waals surface area contributed by atoms with E-state index in [9.17, 15) is 9.90 Å². The van der Waals surface area contributed by atoms with Crippen LogP contribution in [0.1, 0.15) is 10.4 Å². The van der Waals surface area contributed by atoms with Crippen LogP contribution in [0.5, 0.6) is 5.75 Å². The van der Waals surface area contributed by atoms with Crippen molar-refractivity contribution < 1.29 is 14.6 Å². The number of pyridine rings is 1. The van der Waals surface area contributed by atoms with Gasteiger partial charge in [-0.1, -0.05) is 23.2 Å². The zero-order valence-electron chi connectivity index (χ0n) is 12.5. The van der Waals surface area contributed by atoms with E-state index >= 15 is 0 Å². The summed E-state index contributed by atoms with van der Waals surface area (Å²) in [6.45, 7) is 0. The molecule has 2 N–H and O–H groups in total. The molecular formula is C17H12Cl2N2O3. The Labute approximate surface area is 147 Å². The number of benzene rings is 2. The van der Waals surface area contributed by atoms with Gasteiger partial charge in [-0.3, -0.25) is 4.98 Å². The number of carboxylic acid groups (broad SMARTS) is 1. The second-order valence-corrected chi connectivity index (χ2v) is 5.83. The lowest BCUT2D eigenvalue weighted by Crippen LogP contribution is -2.05. The van der Waals surface area contributed by atoms with Gasteiger partial charge in [0, 0.05) is 22.3 Å². The number of ether oxygens (including phenoxy) is 1. The Bertz CT molecular complexity index is 945. The van der Waals surface area contributed by atoms with E-state index in [2.05, 4.69) is 10.3 Å². The summed E-state index contributed by atoms with van der Waals surface area (Å²) in [4.78, 5) is 15.7. The molecule has 0 aliphatic carbocycles. The maximum atomic E-state index is 11.5. The predicted molar refractivity (Wildman–Crippen MR) is 95.0 cm³/mol. The van der Waals surface area contributed by atoms with Crippen LogP contribution in [0.15, 0.2) is 42.6 Å². The number of carboxylic acids is 1. The summed E-state index contributed by atoms with van der Waals surface area (Å²) in [5, 5.41) is 14.1. The first kappa shape index (κ1) is 16.4. The van der Waals surface area contributed by atoms with Crippen LogP contribution in [0.4, 0.5) is 11.4 Å². The van der Waals surface area contributed by atoms with E-state index < -0.39 is 5.97 Å². The molecule has 0 unspecified atom stereocenters. The Balaban J connectivity index is 2.16. The maximum absolute atomic E-state index is 11.5. The van der Waals surface area contributed by atoms with Gasteiger partial charge in [0.15, 0.2) is 0 Å². The molecule has 3 rings (SSSR count). The molecule has 0 saturated heterocycles. The fourth-order valence-electron chi connectivity index (χ4n) is 2.35. The Morgan fingerprint density at radius 3 is 2.67 bits per heavy atom. The number of hydrogen-bond acceptors (Lipinski definition) is 4. The molecule has 0 atom stereocenters. The second-order valence-electron chi connectivity index (χ2n) is 4.99. The first-order chi connectivity index (χ1) is 11.5. The third-order valence-corrected chi connectivity index (χ3v) is 4.01. The molecule has 0 spiro atoms. The summed E-state index contributed by atoms with van der Waals surface area (Å²) in [6, 6.07) is 10.2. The number of hydrogen-bond donors (Lipinski definition) is 2. The molecule has 24 heavy (non-hydrogen) atoms. The Morgan fingerprint density at radius 2 is 2.00 bits per heavy atom. The number of halogens is 2. The lowest BCUT2D eigenvalue weighted by molar-refractivity contribution is 0.0697. The Kier molecular flexibility index (Phi) is 4.46. The van der Waals surface area contributed by atoms with Crippen molar-refractivity contribution in [3.8, 4) is 5.75 Å². The standard InChI is InChI=1S/C17H12Cl2N2O3/c1-24-15-5-3-10(7-13(15)19)21-16-11-6-9(18)2-4-14(11)20-8-12(16)17(22)23/h2-8H,1H3,(H,20,21)(H,22,23). The van der Waals surface area contributed by atoms with Crippen LogP contribution in [0.3, 0.4) is 0 Å². The minimum atomic E-state index is -1.09. The highest BCUT2D eigenvalue weighted by Gasteiger charge is 2.16. The van der Waals surface area contributed by atoms with Crippen molar-refractivity contribution in [2.45, 2.75) is 0 Å². The largest absolute Gasteiger partial charge is 0.495 e. The number of fused-ring (bicyclic) bond motifs is 1. The van der Waals surface area contributed by atoms with Crippen molar-refractivity contribution >= 4 is 51.4 Å². The molecule has 122 valence electrons. The average molecular weight is 363 g/mol. The monoisotopic (exact) mass is 362 g/mol. The SMILES string of the molecule is COc1ccc(Nc2c(C(=O)O)cnc3ccc(Cl)cc23)cc1Cl. The highest BCUT2D eigenvalue weighted by atomic mass is 35.5. The smallest absolute Gasteiger partial charge is 0.339 e. The summed E-state index contributed by atoms with van der Waals surface area (Å²) in [6.07, 6.45) is 1.31. The summed E-state index contributed by atoms with van der Waals surface area (Å²) in [5.41, 5.74) is 1.69. The number of carbonyl (C=O) groups is 1. The lowest BCUT2D eigenvalue weighted by atomic mass is 10.1. The lowest BCUT2D eigenvalue weighted by Gasteiger charge is -2.14. The Morgan fingerprint density at radius 1 is 1.21 bits per heavy atom. The Hall–Kier alpha value is -2.50. The zero-order chi connectivity index (χ0) is 17.3. The van der Waals surface area contributed by atoms with Crippen LogP contribution >= 0.6 is 23.2 Å². The fraction of sp³-hybridized carbons (Fsp3) is 0.0588. The molecule has 3 aromatic rings. The molecule has 2 aromatic carbocycles. The number of anilines is 2. The van der Waals surface area contributed by atoms with Gasteiger partial charge in [-0.2, -0.15) is 0 Å². The van der Waals surface area contributed by atoms with Gasteiger partial charge in [0.1, 0.15) is 11.3 Å². The molecule has 1 heterocycles. The minimum Gasteiger partial charge on any atom is -0.495 e. The molecule has 0 radical (unpaired) electrons. The van der Waals surface area contributed by atoms with Gasteiger partial charge in [-0.15, -0.1) is 0 Å². The van der Waals surface area contributed by atoms with Gasteiger partial charge >= 0.3 is 5.97 Å². The van der Waals surface area contributed by atoms with Crippen LogP contribution < -0.4 is 10.1 Å². The number of aromatic carboxylic acids is 1. The quantitative estimate of drug-likeness (QED) is 0.683. The van der Waals surface area contributed by atoms with Crippen molar-refractivity contribution in [1.82, 2.24) is 4.98 Å². The van der Waals surface area contributed by atoms with Crippen LogP contribution in [0.2, 0.25) is 10.0 Å². The van der Waals surface area contributed by atoms with Gasteiger partial charge in [-0.05, 0) is 36.4 Å².